The summed E-state index contributed by atoms with van der Waals surface area (Å²) in [5.41, 5.74) is 0. The van der Waals surface area contributed by atoms with Crippen LogP contribution in [-0.4, -0.2) is 99.6 Å². The maximum atomic E-state index is 13.5. The number of hydrogen-bond donors (Lipinski definition) is 6. The molecule has 1 saturated heterocycles. The van der Waals surface area contributed by atoms with Crippen molar-refractivity contribution >= 4 is 11.9 Å². The zero-order valence-corrected chi connectivity index (χ0v) is 61.5. The van der Waals surface area contributed by atoms with E-state index in [4.69, 9.17) is 14.2 Å². The lowest BCUT2D eigenvalue weighted by Gasteiger charge is -2.41. The second-order valence-corrected chi connectivity index (χ2v) is 27.4. The van der Waals surface area contributed by atoms with Crippen molar-refractivity contribution in [2.24, 2.45) is 0 Å². The normalized spacial score (nSPS) is 18.3. The van der Waals surface area contributed by atoms with Crippen LogP contribution in [0.1, 0.15) is 361 Å². The minimum Gasteiger partial charge on any atom is -0.454 e. The fourth-order valence-electron chi connectivity index (χ4n) is 12.2. The van der Waals surface area contributed by atoms with Crippen LogP contribution in [0.5, 0.6) is 0 Å². The zero-order chi connectivity index (χ0) is 68.8. The van der Waals surface area contributed by atoms with Gasteiger partial charge in [0, 0.05) is 6.42 Å². The lowest BCUT2D eigenvalue weighted by molar-refractivity contribution is -0.305. The van der Waals surface area contributed by atoms with Gasteiger partial charge in [-0.3, -0.25) is 9.59 Å². The summed E-state index contributed by atoms with van der Waals surface area (Å²) in [7, 11) is 0. The molecule has 95 heavy (non-hydrogen) atoms. The number of carbonyl (C=O) groups is 2. The Morgan fingerprint density at radius 2 is 0.726 bits per heavy atom. The first-order valence-corrected chi connectivity index (χ1v) is 40.0. The highest BCUT2D eigenvalue weighted by Gasteiger charge is 2.47. The number of aliphatic hydroxyl groups is 5. The van der Waals surface area contributed by atoms with E-state index < -0.39 is 67.4 Å². The summed E-state index contributed by atoms with van der Waals surface area (Å²) in [5, 5.41) is 57.5. The van der Waals surface area contributed by atoms with Crippen molar-refractivity contribution in [1.29, 1.82) is 0 Å². The van der Waals surface area contributed by atoms with Gasteiger partial charge in [0.05, 0.1) is 25.4 Å². The number of carbonyl (C=O) groups excluding carboxylic acids is 2. The predicted molar refractivity (Wildman–Crippen MR) is 402 cm³/mol. The van der Waals surface area contributed by atoms with Gasteiger partial charge in [-0.25, -0.2) is 0 Å². The van der Waals surface area contributed by atoms with Crippen LogP contribution in [-0.2, 0) is 23.8 Å². The standard InChI is InChI=1S/C84H149NO10/c1-4-7-10-13-16-19-22-25-27-29-31-33-35-37-39-41-43-45-47-49-51-54-57-60-63-66-69-72-79(89)95-82-81(91)80(90)78(73-86)94-84(82)93-74-75(76(87)70-67-64-61-58-55-52-24-21-18-15-12-9-6-3)85-83(92)77(88)71-68-65-62-59-56-53-50-48-46-44-42-40-38-36-34-32-30-28-26-23-20-17-14-11-8-5-2/h16-17,19-20,25-28,31-34,37,39,67,70,75-78,80-82,84,86-88,90-91H,4-15,18,21-24,29-30,35-36,38,40-66,68-69,71-74H2,1-3H3,(H,85,92)/b19-16-,20-17-,27-25-,28-26-,33-31-,34-32-,39-37-,70-67+. The minimum atomic E-state index is -1.62. The van der Waals surface area contributed by atoms with Crippen LogP contribution >= 0.6 is 0 Å². The third kappa shape index (κ3) is 57.1. The highest BCUT2D eigenvalue weighted by molar-refractivity contribution is 5.80. The molecule has 1 heterocycles. The number of aliphatic hydroxyl groups excluding tert-OH is 5. The van der Waals surface area contributed by atoms with Crippen molar-refractivity contribution in [2.75, 3.05) is 13.2 Å². The number of ether oxygens (including phenoxy) is 3. The number of amides is 1. The van der Waals surface area contributed by atoms with Crippen molar-refractivity contribution < 1.29 is 49.3 Å². The SMILES string of the molecule is CCCCC/C=C\C/C=C\C/C=C\C/C=C\CCCCCCCCCCCCCC(=O)OC1C(OCC(NC(=O)C(O)CCCCCCCCCCCCCCC/C=C\C/C=C\C/C=C\CCCCC)C(O)/C=C/CCCCCCCCCCCCC)OC(CO)C(O)C1O. The summed E-state index contributed by atoms with van der Waals surface area (Å²) >= 11 is 0. The molecule has 550 valence electrons. The summed E-state index contributed by atoms with van der Waals surface area (Å²) in [5.74, 6) is -1.19. The van der Waals surface area contributed by atoms with E-state index in [-0.39, 0.29) is 19.4 Å². The van der Waals surface area contributed by atoms with Gasteiger partial charge in [-0.05, 0) is 109 Å². The average Bonchev–Trinajstić information content (AvgIpc) is 0.823. The first-order chi connectivity index (χ1) is 46.7. The van der Waals surface area contributed by atoms with Crippen LogP contribution in [0.4, 0.5) is 0 Å². The molecule has 8 atom stereocenters. The Morgan fingerprint density at radius 1 is 0.411 bits per heavy atom. The van der Waals surface area contributed by atoms with Gasteiger partial charge in [-0.2, -0.15) is 0 Å². The molecule has 0 aromatic heterocycles. The third-order valence-corrected chi connectivity index (χ3v) is 18.5. The molecule has 1 aliphatic rings. The topological polar surface area (TPSA) is 175 Å². The van der Waals surface area contributed by atoms with E-state index in [1.165, 1.54) is 218 Å². The van der Waals surface area contributed by atoms with Gasteiger partial charge in [0.1, 0.15) is 24.4 Å². The Morgan fingerprint density at radius 3 is 1.11 bits per heavy atom. The van der Waals surface area contributed by atoms with E-state index in [1.807, 2.05) is 6.08 Å². The van der Waals surface area contributed by atoms with Gasteiger partial charge >= 0.3 is 5.97 Å². The second kappa shape index (κ2) is 70.4. The van der Waals surface area contributed by atoms with Gasteiger partial charge in [-0.15, -0.1) is 0 Å². The van der Waals surface area contributed by atoms with Gasteiger partial charge in [0.2, 0.25) is 5.91 Å². The molecule has 0 radical (unpaired) electrons. The first-order valence-electron chi connectivity index (χ1n) is 40.0. The highest BCUT2D eigenvalue weighted by atomic mass is 16.7. The monoisotopic (exact) mass is 1330 g/mol. The van der Waals surface area contributed by atoms with Gasteiger partial charge in [0.25, 0.3) is 0 Å². The van der Waals surface area contributed by atoms with Crippen molar-refractivity contribution in [1.82, 2.24) is 5.32 Å². The zero-order valence-electron chi connectivity index (χ0n) is 61.5. The minimum absolute atomic E-state index is 0.117. The second-order valence-electron chi connectivity index (χ2n) is 27.4. The van der Waals surface area contributed by atoms with Crippen LogP contribution in [0.15, 0.2) is 97.2 Å². The molecule has 0 aromatic rings. The quantitative estimate of drug-likeness (QED) is 0.0195. The van der Waals surface area contributed by atoms with Crippen molar-refractivity contribution in [3.8, 4) is 0 Å². The smallest absolute Gasteiger partial charge is 0.306 e. The van der Waals surface area contributed by atoms with Crippen molar-refractivity contribution in [2.45, 2.75) is 410 Å². The van der Waals surface area contributed by atoms with Crippen molar-refractivity contribution in [3.05, 3.63) is 97.2 Å². The molecule has 1 amide bonds. The molecule has 0 saturated carbocycles. The van der Waals surface area contributed by atoms with Crippen LogP contribution in [0, 0.1) is 0 Å². The summed E-state index contributed by atoms with van der Waals surface area (Å²) in [4.78, 5) is 26.8. The molecule has 0 aromatic carbocycles. The molecule has 6 N–H and O–H groups in total. The molecular weight excluding hydrogens is 1180 g/mol. The summed E-state index contributed by atoms with van der Waals surface area (Å²) < 4.78 is 17.8. The molecule has 11 nitrogen and oxygen atoms in total. The summed E-state index contributed by atoms with van der Waals surface area (Å²) in [6, 6.07) is -1.03. The molecule has 0 bridgehead atoms. The van der Waals surface area contributed by atoms with Gasteiger partial charge in [-0.1, -0.05) is 343 Å². The Balaban J connectivity index is 2.52. The van der Waals surface area contributed by atoms with E-state index in [0.29, 0.717) is 12.8 Å². The van der Waals surface area contributed by atoms with Gasteiger partial charge in [0.15, 0.2) is 12.4 Å². The number of rotatable bonds is 69. The Hall–Kier alpha value is -3.42. The van der Waals surface area contributed by atoms with Crippen LogP contribution in [0.25, 0.3) is 0 Å². The summed E-state index contributed by atoms with van der Waals surface area (Å²) in [6.45, 7) is 5.78. The fourth-order valence-corrected chi connectivity index (χ4v) is 12.2. The van der Waals surface area contributed by atoms with Crippen molar-refractivity contribution in [3.63, 3.8) is 0 Å². The lowest BCUT2D eigenvalue weighted by Crippen LogP contribution is -2.61. The number of unbranched alkanes of at least 4 members (excludes halogenated alkanes) is 41. The first kappa shape index (κ1) is 89.6. The number of nitrogens with one attached hydrogen (secondary N) is 1. The van der Waals surface area contributed by atoms with E-state index in [0.717, 1.165) is 96.3 Å². The highest BCUT2D eigenvalue weighted by Crippen LogP contribution is 2.27. The largest absolute Gasteiger partial charge is 0.454 e. The van der Waals surface area contributed by atoms with Crippen LogP contribution in [0.2, 0.25) is 0 Å². The fraction of sp³-hybridized carbons (Fsp3) is 0.786. The van der Waals surface area contributed by atoms with E-state index in [9.17, 15) is 35.1 Å². The van der Waals surface area contributed by atoms with E-state index >= 15 is 0 Å². The average molecular weight is 1330 g/mol. The summed E-state index contributed by atoms with van der Waals surface area (Å²) in [6.07, 6.45) is 85.9. The maximum Gasteiger partial charge on any atom is 0.306 e. The molecule has 1 aliphatic heterocycles. The Bertz CT molecular complexity index is 1920. The number of hydrogen-bond acceptors (Lipinski definition) is 10. The molecule has 0 aliphatic carbocycles. The molecule has 1 rings (SSSR count). The van der Waals surface area contributed by atoms with Crippen LogP contribution in [0.3, 0.4) is 0 Å². The molecular formula is C84H149NO10. The van der Waals surface area contributed by atoms with E-state index in [1.54, 1.807) is 6.08 Å². The lowest BCUT2D eigenvalue weighted by atomic mass is 9.99. The Labute approximate surface area is 584 Å². The Kier molecular flexibility index (Phi) is 66.4. The predicted octanol–water partition coefficient (Wildman–Crippen LogP) is 21.7. The maximum absolute atomic E-state index is 13.5. The molecule has 11 heteroatoms. The number of esters is 1. The van der Waals surface area contributed by atoms with E-state index in [2.05, 4.69) is 111 Å². The third-order valence-electron chi connectivity index (χ3n) is 18.5. The molecule has 1 fully saturated rings. The van der Waals surface area contributed by atoms with Gasteiger partial charge < -0.3 is 45.1 Å². The molecule has 8 unspecified atom stereocenters. The van der Waals surface area contributed by atoms with Crippen LogP contribution < -0.4 is 5.32 Å². The number of allylic oxidation sites excluding steroid dienone is 15. The molecule has 0 spiro atoms.